The molecule has 2 N–H and O–H groups in total. The number of aryl methyl sites for hydroxylation is 1. The first-order chi connectivity index (χ1) is 19.3. The average molecular weight is 563 g/mol. The third-order valence-corrected chi connectivity index (χ3v) is 9.17. The Kier molecular flexibility index (Phi) is 7.15. The molecule has 1 aliphatic carbocycles. The van der Waals surface area contributed by atoms with E-state index in [1.807, 2.05) is 24.0 Å². The van der Waals surface area contributed by atoms with Gasteiger partial charge in [0.25, 0.3) is 5.91 Å². The molecule has 1 atom stereocenters. The highest BCUT2D eigenvalue weighted by atomic mass is 32.1. The number of carbonyl (C=O) groups excluding carboxylic acids is 2. The molecular formula is C28H34N8O3S. The van der Waals surface area contributed by atoms with E-state index in [0.29, 0.717) is 41.8 Å². The molecule has 0 bridgehead atoms. The Morgan fingerprint density at radius 3 is 2.77 bits per heavy atom. The molecule has 1 saturated heterocycles. The Labute approximate surface area is 236 Å². The van der Waals surface area contributed by atoms with Crippen LogP contribution in [-0.2, 0) is 16.1 Å². The lowest BCUT2D eigenvalue weighted by Gasteiger charge is -2.26. The summed E-state index contributed by atoms with van der Waals surface area (Å²) < 4.78 is 8.66. The molecule has 1 aliphatic heterocycles. The third-order valence-electron chi connectivity index (χ3n) is 8.01. The fraction of sp³-hybridized carbons (Fsp3) is 0.464. The van der Waals surface area contributed by atoms with Crippen molar-refractivity contribution in [1.29, 1.82) is 0 Å². The molecule has 0 aromatic carbocycles. The normalized spacial score (nSPS) is 18.3. The highest BCUT2D eigenvalue weighted by molar-refractivity contribution is 7.21. The lowest BCUT2D eigenvalue weighted by Crippen LogP contribution is -2.38. The van der Waals surface area contributed by atoms with Gasteiger partial charge in [-0.05, 0) is 52.1 Å². The number of nitrogens with zero attached hydrogens (tertiary/aromatic N) is 6. The molecule has 40 heavy (non-hydrogen) atoms. The molecule has 4 aromatic rings. The first-order valence-corrected chi connectivity index (χ1v) is 14.5. The van der Waals surface area contributed by atoms with Crippen LogP contribution in [0, 0.1) is 12.3 Å². The molecule has 6 rings (SSSR count). The Bertz CT molecular complexity index is 1550. The predicted molar refractivity (Wildman–Crippen MR) is 154 cm³/mol. The van der Waals surface area contributed by atoms with E-state index in [4.69, 9.17) is 4.74 Å². The van der Waals surface area contributed by atoms with Gasteiger partial charge in [-0.1, -0.05) is 0 Å². The number of anilines is 2. The summed E-state index contributed by atoms with van der Waals surface area (Å²) in [5, 5.41) is 14.8. The standard InChI is InChI=1S/C28H34N8O3S/c1-18-5-4-8-34(18)17-28(6-7-28)27(38)32-21-11-23(19(2)29-13-21)33-25(37)22-14-31-36-16-24(40-26(22)36)20-12-30-35(15-20)9-10-39-3/h11-16,18H,4-10,17H2,1-3H3,(H,32,38)(H,33,37)/t18-/m0/s1. The predicted octanol–water partition coefficient (Wildman–Crippen LogP) is 4.06. The molecule has 5 heterocycles. The SMILES string of the molecule is COCCn1cc(-c2cn3ncc(C(=O)Nc4cc(NC(=O)C5(CN6CCC[C@@H]6C)CC5)cnc4C)c3s2)cn1. The van der Waals surface area contributed by atoms with E-state index in [1.54, 1.807) is 36.3 Å². The van der Waals surface area contributed by atoms with Crippen LogP contribution < -0.4 is 10.6 Å². The van der Waals surface area contributed by atoms with Crippen LogP contribution in [0.4, 0.5) is 11.4 Å². The monoisotopic (exact) mass is 562 g/mol. The smallest absolute Gasteiger partial charge is 0.260 e. The Hall–Kier alpha value is -3.61. The third kappa shape index (κ3) is 5.26. The van der Waals surface area contributed by atoms with E-state index in [-0.39, 0.29) is 17.2 Å². The maximum atomic E-state index is 13.3. The molecular weight excluding hydrogens is 528 g/mol. The minimum Gasteiger partial charge on any atom is -0.383 e. The summed E-state index contributed by atoms with van der Waals surface area (Å²) in [6, 6.07) is 2.31. The van der Waals surface area contributed by atoms with Crippen molar-refractivity contribution in [1.82, 2.24) is 29.3 Å². The molecule has 11 nitrogen and oxygen atoms in total. The van der Waals surface area contributed by atoms with Crippen molar-refractivity contribution in [2.75, 3.05) is 37.4 Å². The number of fused-ring (bicyclic) bond motifs is 1. The van der Waals surface area contributed by atoms with E-state index in [0.717, 1.165) is 41.2 Å². The minimum absolute atomic E-state index is 0.0320. The molecule has 2 amide bonds. The van der Waals surface area contributed by atoms with Gasteiger partial charge in [0.1, 0.15) is 4.83 Å². The van der Waals surface area contributed by atoms with E-state index >= 15 is 0 Å². The summed E-state index contributed by atoms with van der Waals surface area (Å²) >= 11 is 1.48. The van der Waals surface area contributed by atoms with Gasteiger partial charge in [-0.3, -0.25) is 24.2 Å². The summed E-state index contributed by atoms with van der Waals surface area (Å²) in [7, 11) is 1.66. The van der Waals surface area contributed by atoms with Crippen LogP contribution in [0.1, 0.15) is 48.7 Å². The number of nitrogens with one attached hydrogen (secondary N) is 2. The second-order valence-corrected chi connectivity index (χ2v) is 11.9. The lowest BCUT2D eigenvalue weighted by molar-refractivity contribution is -0.121. The van der Waals surface area contributed by atoms with Crippen LogP contribution in [0.15, 0.2) is 37.1 Å². The summed E-state index contributed by atoms with van der Waals surface area (Å²) in [6.07, 6.45) is 13.1. The Morgan fingerprint density at radius 1 is 1.18 bits per heavy atom. The number of methoxy groups -OCH3 is 1. The van der Waals surface area contributed by atoms with Crippen molar-refractivity contribution in [3.8, 4) is 10.4 Å². The van der Waals surface area contributed by atoms with Crippen molar-refractivity contribution in [3.63, 3.8) is 0 Å². The summed E-state index contributed by atoms with van der Waals surface area (Å²) in [4.78, 5) is 35.1. The van der Waals surface area contributed by atoms with Gasteiger partial charge in [-0.15, -0.1) is 11.3 Å². The fourth-order valence-electron chi connectivity index (χ4n) is 5.28. The number of carbonyl (C=O) groups is 2. The van der Waals surface area contributed by atoms with Crippen LogP contribution in [-0.4, -0.2) is 73.9 Å². The average Bonchev–Trinajstić information content (AvgIpc) is 3.32. The number of amides is 2. The highest BCUT2D eigenvalue weighted by Gasteiger charge is 2.51. The second kappa shape index (κ2) is 10.8. The van der Waals surface area contributed by atoms with Crippen LogP contribution in [0.25, 0.3) is 15.3 Å². The largest absolute Gasteiger partial charge is 0.383 e. The first-order valence-electron chi connectivity index (χ1n) is 13.7. The molecule has 0 spiro atoms. The minimum atomic E-state index is -0.326. The zero-order chi connectivity index (χ0) is 27.9. The molecule has 4 aromatic heterocycles. The van der Waals surface area contributed by atoms with Gasteiger partial charge in [0, 0.05) is 37.7 Å². The van der Waals surface area contributed by atoms with E-state index in [1.165, 1.54) is 24.2 Å². The van der Waals surface area contributed by atoms with Crippen LogP contribution in [0.2, 0.25) is 0 Å². The number of hydrogen-bond donors (Lipinski definition) is 2. The number of pyridine rings is 1. The number of rotatable bonds is 10. The Morgan fingerprint density at radius 2 is 2.02 bits per heavy atom. The van der Waals surface area contributed by atoms with Gasteiger partial charge in [-0.2, -0.15) is 10.2 Å². The number of ether oxygens (including phenoxy) is 1. The maximum Gasteiger partial charge on any atom is 0.260 e. The van der Waals surface area contributed by atoms with Gasteiger partial charge < -0.3 is 15.4 Å². The number of hydrogen-bond acceptors (Lipinski definition) is 8. The summed E-state index contributed by atoms with van der Waals surface area (Å²) in [5.74, 6) is -0.251. The van der Waals surface area contributed by atoms with Crippen molar-refractivity contribution >= 4 is 39.4 Å². The van der Waals surface area contributed by atoms with Crippen molar-refractivity contribution in [3.05, 3.63) is 48.3 Å². The summed E-state index contributed by atoms with van der Waals surface area (Å²) in [6.45, 7) is 7.18. The number of thiazole rings is 1. The van der Waals surface area contributed by atoms with Crippen molar-refractivity contribution in [2.45, 2.75) is 52.1 Å². The second-order valence-electron chi connectivity index (χ2n) is 10.9. The molecule has 2 fully saturated rings. The van der Waals surface area contributed by atoms with Gasteiger partial charge in [0.2, 0.25) is 5.91 Å². The molecule has 2 aliphatic rings. The zero-order valence-electron chi connectivity index (χ0n) is 23.0. The molecule has 0 radical (unpaired) electrons. The topological polar surface area (TPSA) is 119 Å². The van der Waals surface area contributed by atoms with Gasteiger partial charge in [-0.25, -0.2) is 4.52 Å². The quantitative estimate of drug-likeness (QED) is 0.299. The lowest BCUT2D eigenvalue weighted by atomic mass is 10.0. The van der Waals surface area contributed by atoms with Crippen LogP contribution in [0.5, 0.6) is 0 Å². The molecule has 210 valence electrons. The molecule has 12 heteroatoms. The maximum absolute atomic E-state index is 13.3. The Balaban J connectivity index is 1.15. The number of likely N-dealkylation sites (tertiary alicyclic amines) is 1. The summed E-state index contributed by atoms with van der Waals surface area (Å²) in [5.41, 5.74) is 2.89. The van der Waals surface area contributed by atoms with E-state index < -0.39 is 0 Å². The van der Waals surface area contributed by atoms with Crippen LogP contribution >= 0.6 is 11.3 Å². The zero-order valence-corrected chi connectivity index (χ0v) is 23.8. The molecule has 0 unspecified atom stereocenters. The molecule has 1 saturated carbocycles. The first kappa shape index (κ1) is 26.6. The van der Waals surface area contributed by atoms with Crippen molar-refractivity contribution < 1.29 is 14.3 Å². The van der Waals surface area contributed by atoms with E-state index in [2.05, 4.69) is 37.6 Å². The van der Waals surface area contributed by atoms with Gasteiger partial charge >= 0.3 is 0 Å². The van der Waals surface area contributed by atoms with Crippen LogP contribution in [0.3, 0.4) is 0 Å². The van der Waals surface area contributed by atoms with Gasteiger partial charge in [0.15, 0.2) is 0 Å². The van der Waals surface area contributed by atoms with Crippen molar-refractivity contribution in [2.24, 2.45) is 5.41 Å². The van der Waals surface area contributed by atoms with E-state index in [9.17, 15) is 9.59 Å². The number of aromatic nitrogens is 5. The highest BCUT2D eigenvalue weighted by Crippen LogP contribution is 2.48. The van der Waals surface area contributed by atoms with Gasteiger partial charge in [0.05, 0.1) is 64.7 Å². The fourth-order valence-corrected chi connectivity index (χ4v) is 6.31.